The van der Waals surface area contributed by atoms with Crippen LogP contribution in [0.2, 0.25) is 0 Å². The zero-order valence-corrected chi connectivity index (χ0v) is 20.1. The van der Waals surface area contributed by atoms with Crippen LogP contribution >= 0.6 is 0 Å². The second-order valence-electron chi connectivity index (χ2n) is 10.1. The van der Waals surface area contributed by atoms with E-state index in [0.29, 0.717) is 13.0 Å². The fraction of sp³-hybridized carbons (Fsp3) is 0.654. The van der Waals surface area contributed by atoms with E-state index in [-0.39, 0.29) is 23.4 Å². The summed E-state index contributed by atoms with van der Waals surface area (Å²) in [4.78, 5) is 12.1. The van der Waals surface area contributed by atoms with E-state index >= 15 is 0 Å². The molecule has 3 aliphatic rings. The van der Waals surface area contributed by atoms with Crippen LogP contribution in [0, 0.1) is 11.3 Å². The molecule has 3 rings (SSSR count). The molecule has 172 valence electrons. The van der Waals surface area contributed by atoms with E-state index in [0.717, 1.165) is 24.8 Å². The van der Waals surface area contributed by atoms with E-state index in [2.05, 4.69) is 32.9 Å². The lowest BCUT2D eigenvalue weighted by atomic mass is 9.58. The summed E-state index contributed by atoms with van der Waals surface area (Å²) in [5, 5.41) is 0. The molecule has 2 aliphatic heterocycles. The van der Waals surface area contributed by atoms with Crippen LogP contribution in [-0.2, 0) is 23.7 Å². The molecule has 2 fully saturated rings. The maximum Gasteiger partial charge on any atom is 0.335 e. The van der Waals surface area contributed by atoms with Crippen molar-refractivity contribution in [3.05, 3.63) is 47.3 Å². The number of ether oxygens (including phenoxy) is 4. The quantitative estimate of drug-likeness (QED) is 0.227. The van der Waals surface area contributed by atoms with Crippen LogP contribution in [-0.4, -0.2) is 37.2 Å². The first-order valence-corrected chi connectivity index (χ1v) is 11.3. The molecule has 1 aliphatic carbocycles. The van der Waals surface area contributed by atoms with Gasteiger partial charge in [0, 0.05) is 25.5 Å². The van der Waals surface area contributed by atoms with Crippen LogP contribution in [0.25, 0.3) is 0 Å². The van der Waals surface area contributed by atoms with Gasteiger partial charge in [-0.3, -0.25) is 0 Å². The smallest absolute Gasteiger partial charge is 0.335 e. The Morgan fingerprint density at radius 1 is 1.23 bits per heavy atom. The summed E-state index contributed by atoms with van der Waals surface area (Å²) >= 11 is 0. The van der Waals surface area contributed by atoms with Crippen molar-refractivity contribution in [2.75, 3.05) is 13.7 Å². The fourth-order valence-corrected chi connectivity index (χ4v) is 5.30. The first-order valence-electron chi connectivity index (χ1n) is 11.3. The second kappa shape index (κ2) is 9.05. The van der Waals surface area contributed by atoms with Crippen molar-refractivity contribution < 1.29 is 23.7 Å². The highest BCUT2D eigenvalue weighted by atomic mass is 16.7. The van der Waals surface area contributed by atoms with Gasteiger partial charge in [-0.2, -0.15) is 0 Å². The van der Waals surface area contributed by atoms with E-state index in [9.17, 15) is 4.79 Å². The molecule has 0 unspecified atom stereocenters. The molecule has 1 spiro atoms. The highest BCUT2D eigenvalue weighted by Gasteiger charge is 2.67. The fourth-order valence-electron chi connectivity index (χ4n) is 5.30. The molecule has 31 heavy (non-hydrogen) atoms. The number of rotatable bonds is 7. The Bertz CT molecular complexity index is 814. The maximum atomic E-state index is 12.1. The Morgan fingerprint density at radius 3 is 2.61 bits per heavy atom. The molecule has 0 aromatic carbocycles. The highest BCUT2D eigenvalue weighted by molar-refractivity contribution is 5.83. The number of allylic oxidation sites excluding steroid dienone is 4. The molecular formula is C26H38O5. The average molecular weight is 431 g/mol. The van der Waals surface area contributed by atoms with Gasteiger partial charge in [-0.05, 0) is 70.9 Å². The van der Waals surface area contributed by atoms with E-state index in [4.69, 9.17) is 18.9 Å². The minimum Gasteiger partial charge on any atom is -0.432 e. The van der Waals surface area contributed by atoms with Crippen LogP contribution in [0.5, 0.6) is 0 Å². The molecule has 5 atom stereocenters. The number of carbonyl (C=O) groups excluding carboxylic acids is 1. The van der Waals surface area contributed by atoms with E-state index in [1.807, 2.05) is 26.8 Å². The lowest BCUT2D eigenvalue weighted by Crippen LogP contribution is -2.53. The van der Waals surface area contributed by atoms with Gasteiger partial charge in [0.2, 0.25) is 0 Å². The molecule has 0 radical (unpaired) electrons. The molecule has 2 saturated heterocycles. The lowest BCUT2D eigenvalue weighted by molar-refractivity contribution is -0.236. The summed E-state index contributed by atoms with van der Waals surface area (Å²) < 4.78 is 24.1. The van der Waals surface area contributed by atoms with Crippen molar-refractivity contribution in [2.45, 2.75) is 84.7 Å². The van der Waals surface area contributed by atoms with Crippen molar-refractivity contribution in [1.82, 2.24) is 0 Å². The summed E-state index contributed by atoms with van der Waals surface area (Å²) in [6, 6.07) is 0. The molecule has 0 aromatic rings. The van der Waals surface area contributed by atoms with Gasteiger partial charge in [-0.15, -0.1) is 0 Å². The monoisotopic (exact) mass is 430 g/mol. The largest absolute Gasteiger partial charge is 0.432 e. The van der Waals surface area contributed by atoms with E-state index < -0.39 is 11.4 Å². The molecule has 0 saturated carbocycles. The van der Waals surface area contributed by atoms with Gasteiger partial charge in [0.25, 0.3) is 0 Å². The van der Waals surface area contributed by atoms with Crippen LogP contribution in [0.15, 0.2) is 47.3 Å². The minimum absolute atomic E-state index is 0.00506. The zero-order valence-electron chi connectivity index (χ0n) is 20.1. The molecule has 0 aromatic heterocycles. The first-order chi connectivity index (χ1) is 14.5. The predicted molar refractivity (Wildman–Crippen MR) is 121 cm³/mol. The van der Waals surface area contributed by atoms with Gasteiger partial charge in [0.15, 0.2) is 5.79 Å². The normalized spacial score (nSPS) is 36.5. The first kappa shape index (κ1) is 24.0. The van der Waals surface area contributed by atoms with Crippen molar-refractivity contribution in [1.29, 1.82) is 0 Å². The summed E-state index contributed by atoms with van der Waals surface area (Å²) in [6.07, 6.45) is 13.2. The van der Waals surface area contributed by atoms with Crippen molar-refractivity contribution in [2.24, 2.45) is 11.3 Å². The predicted octanol–water partition coefficient (Wildman–Crippen LogP) is 5.63. The SMILES string of the molecule is CO[C@@]1(C)C[C@@H]2OCC3=CC[C@](C)(CCC=C(C)C)[C@@H](/C=C\OC(=O)C=C(C)C)[C@]32O1. The third-order valence-electron chi connectivity index (χ3n) is 6.95. The zero-order chi connectivity index (χ0) is 22.9. The van der Waals surface area contributed by atoms with E-state index in [1.165, 1.54) is 17.2 Å². The number of hydrogen-bond donors (Lipinski definition) is 0. The molecule has 0 bridgehead atoms. The number of hydrogen-bond acceptors (Lipinski definition) is 5. The maximum absolute atomic E-state index is 12.1. The Labute approximate surface area is 187 Å². The number of esters is 1. The Morgan fingerprint density at radius 2 is 1.97 bits per heavy atom. The standard InChI is InChI=1S/C26H38O5/c1-18(2)9-8-12-24(5)13-10-20-17-30-22-16-25(6,28-7)31-26(20,22)21(24)11-14-29-23(27)15-19(3)4/h9-11,14-15,21-22H,8,12-13,16-17H2,1-7H3/b14-11-/t21-,22+,24+,25-,26-/m1/s1. The molecule has 5 nitrogen and oxygen atoms in total. The number of carbonyl (C=O) groups is 1. The van der Waals surface area contributed by atoms with Gasteiger partial charge in [0.05, 0.1) is 19.0 Å². The van der Waals surface area contributed by atoms with E-state index in [1.54, 1.807) is 13.4 Å². The minimum atomic E-state index is -0.701. The van der Waals surface area contributed by atoms with Gasteiger partial charge in [0.1, 0.15) is 5.60 Å². The van der Waals surface area contributed by atoms with Crippen LogP contribution in [0.3, 0.4) is 0 Å². The third-order valence-corrected chi connectivity index (χ3v) is 6.95. The molecule has 0 N–H and O–H groups in total. The van der Waals surface area contributed by atoms with Crippen LogP contribution in [0.4, 0.5) is 0 Å². The van der Waals surface area contributed by atoms with Gasteiger partial charge in [-0.25, -0.2) is 4.79 Å². The molecule has 5 heteroatoms. The average Bonchev–Trinajstić information content (AvgIpc) is 3.14. The highest BCUT2D eigenvalue weighted by Crippen LogP contribution is 2.61. The molecular weight excluding hydrogens is 392 g/mol. The summed E-state index contributed by atoms with van der Waals surface area (Å²) in [5.74, 6) is -1.07. The Balaban J connectivity index is 1.97. The molecule has 0 amide bonds. The van der Waals surface area contributed by atoms with Gasteiger partial charge < -0.3 is 18.9 Å². The van der Waals surface area contributed by atoms with Crippen molar-refractivity contribution >= 4 is 5.97 Å². The Kier molecular flexibility index (Phi) is 6.99. The summed E-state index contributed by atoms with van der Waals surface area (Å²) in [7, 11) is 1.68. The van der Waals surface area contributed by atoms with Gasteiger partial charge >= 0.3 is 5.97 Å². The van der Waals surface area contributed by atoms with Crippen LogP contribution in [0.1, 0.15) is 67.2 Å². The summed E-state index contributed by atoms with van der Waals surface area (Å²) in [5.41, 5.74) is 2.75. The van der Waals surface area contributed by atoms with Crippen molar-refractivity contribution in [3.8, 4) is 0 Å². The second-order valence-corrected chi connectivity index (χ2v) is 10.1. The Hall–Kier alpha value is -1.69. The van der Waals surface area contributed by atoms with Crippen LogP contribution < -0.4 is 0 Å². The summed E-state index contributed by atoms with van der Waals surface area (Å²) in [6.45, 7) is 12.9. The lowest BCUT2D eigenvalue weighted by Gasteiger charge is -2.49. The number of methoxy groups -OCH3 is 1. The molecule has 2 heterocycles. The third kappa shape index (κ3) is 4.74. The van der Waals surface area contributed by atoms with Gasteiger partial charge in [-0.1, -0.05) is 30.2 Å². The topological polar surface area (TPSA) is 54.0 Å². The van der Waals surface area contributed by atoms with Crippen molar-refractivity contribution in [3.63, 3.8) is 0 Å².